The van der Waals surface area contributed by atoms with Gasteiger partial charge in [-0.05, 0) is 6.92 Å². The molecular weight excluding hydrogens is 162 g/mol. The molecule has 2 N–H and O–H groups in total. The zero-order valence-electron chi connectivity index (χ0n) is 6.94. The molecule has 12 heavy (non-hydrogen) atoms. The molecule has 1 amide bonds. The molecule has 0 aromatic heterocycles. The Kier molecular flexibility index (Phi) is 1.83. The third kappa shape index (κ3) is 1.16. The summed E-state index contributed by atoms with van der Waals surface area (Å²) in [6.07, 6.45) is -0.125. The van der Waals surface area contributed by atoms with Crippen molar-refractivity contribution in [1.29, 1.82) is 0 Å². The average Bonchev–Trinajstić information content (AvgIpc) is 2.01. The number of aliphatic carboxylic acids is 1. The quantitative estimate of drug-likeness (QED) is 0.536. The molecule has 0 aromatic rings. The van der Waals surface area contributed by atoms with Crippen molar-refractivity contribution in [1.82, 2.24) is 4.90 Å². The molecule has 0 saturated carbocycles. The highest BCUT2D eigenvalue weighted by atomic mass is 16.4. The zero-order valence-corrected chi connectivity index (χ0v) is 6.94. The lowest BCUT2D eigenvalue weighted by atomic mass is 9.97. The van der Waals surface area contributed by atoms with Crippen LogP contribution in [0.1, 0.15) is 13.3 Å². The zero-order chi connectivity index (χ0) is 9.52. The lowest BCUT2D eigenvalue weighted by Gasteiger charge is -2.24. The number of likely N-dealkylation sites (N-methyl/N-ethyl adjacent to an activating group) is 1. The largest absolute Gasteiger partial charge is 0.480 e. The van der Waals surface area contributed by atoms with E-state index in [4.69, 9.17) is 5.11 Å². The van der Waals surface area contributed by atoms with Crippen molar-refractivity contribution >= 4 is 11.9 Å². The maximum Gasteiger partial charge on any atom is 0.329 e. The van der Waals surface area contributed by atoms with Gasteiger partial charge in [0.2, 0.25) is 5.91 Å². The second-order valence-corrected chi connectivity index (χ2v) is 3.28. The Morgan fingerprint density at radius 2 is 2.25 bits per heavy atom. The smallest absolute Gasteiger partial charge is 0.329 e. The van der Waals surface area contributed by atoms with Gasteiger partial charge >= 0.3 is 5.97 Å². The predicted molar refractivity (Wildman–Crippen MR) is 39.4 cm³/mol. The molecule has 5 heteroatoms. The first kappa shape index (κ1) is 8.99. The van der Waals surface area contributed by atoms with Crippen molar-refractivity contribution in [2.24, 2.45) is 0 Å². The van der Waals surface area contributed by atoms with Crippen molar-refractivity contribution in [3.8, 4) is 0 Å². The monoisotopic (exact) mass is 173 g/mol. The summed E-state index contributed by atoms with van der Waals surface area (Å²) in [6, 6.07) is -1.12. The molecule has 1 aliphatic rings. The number of amides is 1. The number of carbonyl (C=O) groups excluding carboxylic acids is 1. The van der Waals surface area contributed by atoms with E-state index >= 15 is 0 Å². The van der Waals surface area contributed by atoms with Crippen LogP contribution in [0.3, 0.4) is 0 Å². The molecule has 0 aromatic carbocycles. The van der Waals surface area contributed by atoms with E-state index in [9.17, 15) is 14.7 Å². The van der Waals surface area contributed by atoms with Crippen LogP contribution in [0.25, 0.3) is 0 Å². The maximum absolute atomic E-state index is 11.0. The van der Waals surface area contributed by atoms with E-state index in [1.165, 1.54) is 14.0 Å². The van der Waals surface area contributed by atoms with Crippen molar-refractivity contribution in [2.75, 3.05) is 7.05 Å². The topological polar surface area (TPSA) is 77.8 Å². The number of carboxylic acids is 1. The Morgan fingerprint density at radius 1 is 1.75 bits per heavy atom. The minimum atomic E-state index is -1.45. The minimum Gasteiger partial charge on any atom is -0.480 e. The molecule has 0 spiro atoms. The van der Waals surface area contributed by atoms with Crippen molar-refractivity contribution in [3.05, 3.63) is 0 Å². The highest BCUT2D eigenvalue weighted by Gasteiger charge is 2.50. The fourth-order valence-corrected chi connectivity index (χ4v) is 1.52. The Bertz CT molecular complexity index is 236. The molecular formula is C7H11NO4. The van der Waals surface area contributed by atoms with E-state index in [1.807, 2.05) is 0 Å². The number of carbonyl (C=O) groups is 2. The summed E-state index contributed by atoms with van der Waals surface area (Å²) >= 11 is 0. The second-order valence-electron chi connectivity index (χ2n) is 3.28. The third-order valence-corrected chi connectivity index (χ3v) is 2.11. The summed E-state index contributed by atoms with van der Waals surface area (Å²) < 4.78 is 0. The summed E-state index contributed by atoms with van der Waals surface area (Å²) in [5.41, 5.74) is -1.45. The number of hydrogen-bond donors (Lipinski definition) is 2. The number of likely N-dealkylation sites (tertiary alicyclic amines) is 1. The number of rotatable bonds is 1. The lowest BCUT2D eigenvalue weighted by molar-refractivity contribution is -0.150. The Labute approximate surface area is 69.6 Å². The number of aliphatic hydroxyl groups is 1. The average molecular weight is 173 g/mol. The van der Waals surface area contributed by atoms with Crippen LogP contribution >= 0.6 is 0 Å². The summed E-state index contributed by atoms with van der Waals surface area (Å²) in [4.78, 5) is 22.7. The number of carboxylic acid groups (broad SMARTS) is 1. The molecule has 1 fully saturated rings. The fraction of sp³-hybridized carbons (Fsp3) is 0.714. The van der Waals surface area contributed by atoms with Gasteiger partial charge < -0.3 is 15.1 Å². The fourth-order valence-electron chi connectivity index (χ4n) is 1.52. The van der Waals surface area contributed by atoms with Gasteiger partial charge in [-0.15, -0.1) is 0 Å². The van der Waals surface area contributed by atoms with Crippen LogP contribution in [0.4, 0.5) is 0 Å². The van der Waals surface area contributed by atoms with E-state index in [-0.39, 0.29) is 12.3 Å². The Balaban J connectivity index is 2.96. The SMILES string of the molecule is CN1C(=O)C[C@@](C)(O)[C@H]1C(=O)O. The van der Waals surface area contributed by atoms with Gasteiger partial charge in [-0.1, -0.05) is 0 Å². The summed E-state index contributed by atoms with van der Waals surface area (Å²) in [6.45, 7) is 1.35. The Hall–Kier alpha value is -1.10. The second kappa shape index (κ2) is 2.45. The van der Waals surface area contributed by atoms with Gasteiger partial charge in [-0.25, -0.2) is 4.79 Å². The standard InChI is InChI=1S/C7H11NO4/c1-7(12)3-4(9)8(2)5(7)6(10)11/h5,12H,3H2,1-2H3,(H,10,11)/t5-,7-/m1/s1. The first-order chi connectivity index (χ1) is 5.36. The van der Waals surface area contributed by atoms with Gasteiger partial charge in [0.05, 0.1) is 6.42 Å². The van der Waals surface area contributed by atoms with Crippen LogP contribution in [0.2, 0.25) is 0 Å². The molecule has 0 bridgehead atoms. The van der Waals surface area contributed by atoms with Gasteiger partial charge in [-0.3, -0.25) is 4.79 Å². The lowest BCUT2D eigenvalue weighted by Crippen LogP contribution is -2.47. The van der Waals surface area contributed by atoms with Crippen LogP contribution in [0.15, 0.2) is 0 Å². The molecule has 1 saturated heterocycles. The van der Waals surface area contributed by atoms with Crippen LogP contribution in [0.5, 0.6) is 0 Å². The van der Waals surface area contributed by atoms with Crippen LogP contribution in [-0.4, -0.2) is 45.7 Å². The molecule has 0 aliphatic carbocycles. The molecule has 0 unspecified atom stereocenters. The van der Waals surface area contributed by atoms with Crippen LogP contribution in [0, 0.1) is 0 Å². The molecule has 1 rings (SSSR count). The molecule has 1 heterocycles. The van der Waals surface area contributed by atoms with Crippen molar-refractivity contribution in [2.45, 2.75) is 25.0 Å². The first-order valence-corrected chi connectivity index (χ1v) is 3.57. The van der Waals surface area contributed by atoms with Gasteiger partial charge in [-0.2, -0.15) is 0 Å². The third-order valence-electron chi connectivity index (χ3n) is 2.11. The van der Waals surface area contributed by atoms with Crippen LogP contribution in [-0.2, 0) is 9.59 Å². The molecule has 0 radical (unpaired) electrons. The minimum absolute atomic E-state index is 0.125. The predicted octanol–water partition coefficient (Wildman–Crippen LogP) is -0.947. The molecule has 5 nitrogen and oxygen atoms in total. The van der Waals surface area contributed by atoms with Gasteiger partial charge in [0.25, 0.3) is 0 Å². The molecule has 1 aliphatic heterocycles. The number of nitrogens with zero attached hydrogens (tertiary/aromatic N) is 1. The van der Waals surface area contributed by atoms with E-state index in [2.05, 4.69) is 0 Å². The van der Waals surface area contributed by atoms with Gasteiger partial charge in [0.1, 0.15) is 5.60 Å². The van der Waals surface area contributed by atoms with E-state index < -0.39 is 17.6 Å². The first-order valence-electron chi connectivity index (χ1n) is 3.57. The van der Waals surface area contributed by atoms with E-state index in [1.54, 1.807) is 0 Å². The highest BCUT2D eigenvalue weighted by molar-refractivity contribution is 5.89. The van der Waals surface area contributed by atoms with E-state index in [0.717, 1.165) is 4.90 Å². The highest BCUT2D eigenvalue weighted by Crippen LogP contribution is 2.27. The summed E-state index contributed by atoms with van der Waals surface area (Å²) in [5, 5.41) is 18.2. The van der Waals surface area contributed by atoms with Crippen LogP contribution < -0.4 is 0 Å². The summed E-state index contributed by atoms with van der Waals surface area (Å²) in [7, 11) is 1.38. The summed E-state index contributed by atoms with van der Waals surface area (Å²) in [5.74, 6) is -1.51. The maximum atomic E-state index is 11.0. The van der Waals surface area contributed by atoms with Crippen molar-refractivity contribution in [3.63, 3.8) is 0 Å². The van der Waals surface area contributed by atoms with Gasteiger partial charge in [0, 0.05) is 7.05 Å². The van der Waals surface area contributed by atoms with E-state index in [0.29, 0.717) is 0 Å². The van der Waals surface area contributed by atoms with Crippen molar-refractivity contribution < 1.29 is 19.8 Å². The normalized spacial score (nSPS) is 35.8. The number of hydrogen-bond acceptors (Lipinski definition) is 3. The molecule has 68 valence electrons. The molecule has 2 atom stereocenters. The Morgan fingerprint density at radius 3 is 2.42 bits per heavy atom. The van der Waals surface area contributed by atoms with Gasteiger partial charge in [0.15, 0.2) is 6.04 Å².